The van der Waals surface area contributed by atoms with E-state index >= 15 is 0 Å². The van der Waals surface area contributed by atoms with Gasteiger partial charge in [-0.1, -0.05) is 12.1 Å². The van der Waals surface area contributed by atoms with Crippen molar-refractivity contribution in [2.45, 2.75) is 32.2 Å². The molecule has 1 aromatic carbocycles. The molecule has 6 heteroatoms. The maximum Gasteiger partial charge on any atom is 0.251 e. The second-order valence-corrected chi connectivity index (χ2v) is 7.10. The molecule has 1 aromatic heterocycles. The molecule has 2 aromatic rings. The molecule has 2 amide bonds. The highest BCUT2D eigenvalue weighted by Gasteiger charge is 2.22. The van der Waals surface area contributed by atoms with Gasteiger partial charge in [0.15, 0.2) is 0 Å². The highest BCUT2D eigenvalue weighted by molar-refractivity contribution is 5.99. The second-order valence-electron chi connectivity index (χ2n) is 7.10. The average molecular weight is 364 g/mol. The summed E-state index contributed by atoms with van der Waals surface area (Å²) in [4.78, 5) is 33.0. The number of rotatable bonds is 5. The molecule has 2 fully saturated rings. The Balaban J connectivity index is 1.37. The van der Waals surface area contributed by atoms with E-state index < -0.39 is 0 Å². The van der Waals surface area contributed by atoms with E-state index in [1.165, 1.54) is 12.8 Å². The minimum atomic E-state index is -0.146. The summed E-state index contributed by atoms with van der Waals surface area (Å²) in [5.41, 5.74) is 2.33. The number of nitrogens with zero attached hydrogens (tertiary/aromatic N) is 3. The van der Waals surface area contributed by atoms with Gasteiger partial charge < -0.3 is 15.1 Å². The molecular formula is C21H24N4O2. The van der Waals surface area contributed by atoms with E-state index in [0.717, 1.165) is 43.1 Å². The lowest BCUT2D eigenvalue weighted by Gasteiger charge is -2.17. The van der Waals surface area contributed by atoms with Crippen molar-refractivity contribution in [3.8, 4) is 0 Å². The third kappa shape index (κ3) is 3.94. The molecular weight excluding hydrogens is 340 g/mol. The van der Waals surface area contributed by atoms with E-state index in [4.69, 9.17) is 0 Å². The number of hydrogen-bond acceptors (Lipinski definition) is 4. The van der Waals surface area contributed by atoms with Gasteiger partial charge in [0.2, 0.25) is 5.91 Å². The van der Waals surface area contributed by atoms with Crippen molar-refractivity contribution in [3.63, 3.8) is 0 Å². The topological polar surface area (TPSA) is 65.5 Å². The number of pyridine rings is 1. The Labute approximate surface area is 159 Å². The van der Waals surface area contributed by atoms with Gasteiger partial charge in [0.05, 0.1) is 0 Å². The summed E-state index contributed by atoms with van der Waals surface area (Å²) < 4.78 is 0. The van der Waals surface area contributed by atoms with Crippen LogP contribution in [0.1, 0.15) is 41.6 Å². The predicted octanol–water partition coefficient (Wildman–Crippen LogP) is 2.74. The van der Waals surface area contributed by atoms with Gasteiger partial charge in [-0.05, 0) is 49.1 Å². The Morgan fingerprint density at radius 1 is 1.07 bits per heavy atom. The Bertz CT molecular complexity index is 828. The lowest BCUT2D eigenvalue weighted by Crippen LogP contribution is -2.26. The van der Waals surface area contributed by atoms with E-state index in [0.29, 0.717) is 18.5 Å². The van der Waals surface area contributed by atoms with Crippen LogP contribution in [-0.2, 0) is 11.3 Å². The monoisotopic (exact) mass is 364 g/mol. The van der Waals surface area contributed by atoms with Gasteiger partial charge in [-0.15, -0.1) is 0 Å². The molecule has 27 heavy (non-hydrogen) atoms. The SMILES string of the molecule is O=C(NCc1ccc(N2CCCC2)nc1)c1cccc(N2CCCC2=O)c1. The van der Waals surface area contributed by atoms with Crippen molar-refractivity contribution in [2.24, 2.45) is 0 Å². The number of anilines is 2. The Hall–Kier alpha value is -2.89. The zero-order valence-electron chi connectivity index (χ0n) is 15.4. The number of amides is 2. The third-order valence-corrected chi connectivity index (χ3v) is 5.19. The molecule has 140 valence electrons. The molecule has 2 aliphatic heterocycles. The number of benzene rings is 1. The maximum atomic E-state index is 12.5. The van der Waals surface area contributed by atoms with Crippen LogP contribution in [0.4, 0.5) is 11.5 Å². The summed E-state index contributed by atoms with van der Waals surface area (Å²) in [5.74, 6) is 0.981. The lowest BCUT2D eigenvalue weighted by atomic mass is 10.1. The van der Waals surface area contributed by atoms with Crippen molar-refractivity contribution in [2.75, 3.05) is 29.4 Å². The van der Waals surface area contributed by atoms with Crippen molar-refractivity contribution in [1.29, 1.82) is 0 Å². The number of hydrogen-bond donors (Lipinski definition) is 1. The summed E-state index contributed by atoms with van der Waals surface area (Å²) in [6.07, 6.45) is 5.73. The lowest BCUT2D eigenvalue weighted by molar-refractivity contribution is -0.117. The molecule has 2 saturated heterocycles. The smallest absolute Gasteiger partial charge is 0.251 e. The Morgan fingerprint density at radius 3 is 2.63 bits per heavy atom. The first-order valence-corrected chi connectivity index (χ1v) is 9.59. The van der Waals surface area contributed by atoms with E-state index in [1.54, 1.807) is 17.0 Å². The number of carbonyl (C=O) groups excluding carboxylic acids is 2. The molecule has 6 nitrogen and oxygen atoms in total. The van der Waals surface area contributed by atoms with Crippen LogP contribution in [0.2, 0.25) is 0 Å². The molecule has 0 bridgehead atoms. The van der Waals surface area contributed by atoms with Gasteiger partial charge in [-0.3, -0.25) is 9.59 Å². The highest BCUT2D eigenvalue weighted by Crippen LogP contribution is 2.22. The molecule has 0 atom stereocenters. The zero-order valence-corrected chi connectivity index (χ0v) is 15.4. The van der Waals surface area contributed by atoms with E-state index in [1.807, 2.05) is 30.5 Å². The molecule has 0 radical (unpaired) electrons. The standard InChI is InChI=1S/C21H24N4O2/c26-20-7-4-12-25(20)18-6-3-5-17(13-18)21(27)23-15-16-8-9-19(22-14-16)24-10-1-2-11-24/h3,5-6,8-9,13-14H,1-2,4,7,10-12,15H2,(H,23,27). The summed E-state index contributed by atoms with van der Waals surface area (Å²) in [6, 6.07) is 11.3. The predicted molar refractivity (Wildman–Crippen MR) is 105 cm³/mol. The van der Waals surface area contributed by atoms with Gasteiger partial charge in [0.25, 0.3) is 5.91 Å². The van der Waals surface area contributed by atoms with Crippen LogP contribution in [0.15, 0.2) is 42.6 Å². The highest BCUT2D eigenvalue weighted by atomic mass is 16.2. The molecule has 0 aliphatic carbocycles. The summed E-state index contributed by atoms with van der Waals surface area (Å²) in [7, 11) is 0. The minimum Gasteiger partial charge on any atom is -0.357 e. The second kappa shape index (κ2) is 7.78. The largest absolute Gasteiger partial charge is 0.357 e. The first-order valence-electron chi connectivity index (χ1n) is 9.59. The zero-order chi connectivity index (χ0) is 18.6. The summed E-state index contributed by atoms with van der Waals surface area (Å²) in [6.45, 7) is 3.29. The molecule has 0 unspecified atom stereocenters. The first kappa shape index (κ1) is 17.5. The van der Waals surface area contributed by atoms with Crippen molar-refractivity contribution < 1.29 is 9.59 Å². The van der Waals surface area contributed by atoms with E-state index in [2.05, 4.69) is 15.2 Å². The van der Waals surface area contributed by atoms with Crippen LogP contribution in [0.3, 0.4) is 0 Å². The van der Waals surface area contributed by atoms with Crippen LogP contribution >= 0.6 is 0 Å². The van der Waals surface area contributed by atoms with E-state index in [-0.39, 0.29) is 11.8 Å². The first-order chi connectivity index (χ1) is 13.2. The summed E-state index contributed by atoms with van der Waals surface area (Å²) in [5, 5.41) is 2.94. The Morgan fingerprint density at radius 2 is 1.93 bits per heavy atom. The number of aromatic nitrogens is 1. The van der Waals surface area contributed by atoms with Crippen molar-refractivity contribution in [1.82, 2.24) is 10.3 Å². The average Bonchev–Trinajstić information content (AvgIpc) is 3.38. The quantitative estimate of drug-likeness (QED) is 0.886. The van der Waals surface area contributed by atoms with Gasteiger partial charge in [-0.2, -0.15) is 0 Å². The molecule has 0 spiro atoms. The molecule has 0 saturated carbocycles. The molecule has 3 heterocycles. The van der Waals surface area contributed by atoms with Crippen LogP contribution in [0, 0.1) is 0 Å². The van der Waals surface area contributed by atoms with Gasteiger partial charge in [-0.25, -0.2) is 4.98 Å². The number of carbonyl (C=O) groups is 2. The van der Waals surface area contributed by atoms with Crippen molar-refractivity contribution >= 4 is 23.3 Å². The van der Waals surface area contributed by atoms with Crippen LogP contribution in [-0.4, -0.2) is 36.4 Å². The van der Waals surface area contributed by atoms with E-state index in [9.17, 15) is 9.59 Å². The molecule has 2 aliphatic rings. The van der Waals surface area contributed by atoms with Crippen molar-refractivity contribution in [3.05, 3.63) is 53.7 Å². The fourth-order valence-electron chi connectivity index (χ4n) is 3.68. The minimum absolute atomic E-state index is 0.122. The van der Waals surface area contributed by atoms with Gasteiger partial charge >= 0.3 is 0 Å². The van der Waals surface area contributed by atoms with Crippen LogP contribution in [0.25, 0.3) is 0 Å². The fraction of sp³-hybridized carbons (Fsp3) is 0.381. The van der Waals surface area contributed by atoms with Gasteiger partial charge in [0.1, 0.15) is 5.82 Å². The van der Waals surface area contributed by atoms with Gasteiger partial charge in [0, 0.05) is 50.0 Å². The normalized spacial score (nSPS) is 16.8. The molecule has 4 rings (SSSR count). The van der Waals surface area contributed by atoms with Crippen LogP contribution < -0.4 is 15.1 Å². The third-order valence-electron chi connectivity index (χ3n) is 5.19. The molecule has 1 N–H and O–H groups in total. The summed E-state index contributed by atoms with van der Waals surface area (Å²) >= 11 is 0. The van der Waals surface area contributed by atoms with Crippen LogP contribution in [0.5, 0.6) is 0 Å². The Kier molecular flexibility index (Phi) is 5.05. The maximum absolute atomic E-state index is 12.5. The number of nitrogens with one attached hydrogen (secondary N) is 1. The fourth-order valence-corrected chi connectivity index (χ4v) is 3.68.